The van der Waals surface area contributed by atoms with Crippen LogP contribution in [-0.4, -0.2) is 33.5 Å². The van der Waals surface area contributed by atoms with Gasteiger partial charge < -0.3 is 14.6 Å². The number of carbonyl (C=O) groups is 1. The van der Waals surface area contributed by atoms with E-state index in [-0.39, 0.29) is 11.7 Å². The quantitative estimate of drug-likeness (QED) is 0.483. The zero-order valence-electron chi connectivity index (χ0n) is 16.1. The van der Waals surface area contributed by atoms with E-state index in [1.807, 2.05) is 78.3 Å². The summed E-state index contributed by atoms with van der Waals surface area (Å²) in [5, 5.41) is 14.3. The Morgan fingerprint density at radius 1 is 1.07 bits per heavy atom. The maximum Gasteiger partial charge on any atom is 0.234 e. The first-order valence-corrected chi connectivity index (χ1v) is 10.1. The van der Waals surface area contributed by atoms with Crippen LogP contribution in [0, 0.1) is 0 Å². The first-order valence-electron chi connectivity index (χ1n) is 9.10. The van der Waals surface area contributed by atoms with Gasteiger partial charge in [0, 0.05) is 23.7 Å². The van der Waals surface area contributed by atoms with Crippen LogP contribution in [0.25, 0.3) is 22.2 Å². The molecule has 1 heterocycles. The van der Waals surface area contributed by atoms with E-state index in [4.69, 9.17) is 4.74 Å². The fourth-order valence-corrected chi connectivity index (χ4v) is 3.82. The summed E-state index contributed by atoms with van der Waals surface area (Å²) < 4.78 is 7.15. The molecule has 0 bridgehead atoms. The van der Waals surface area contributed by atoms with E-state index in [0.29, 0.717) is 5.16 Å². The molecule has 0 saturated heterocycles. The summed E-state index contributed by atoms with van der Waals surface area (Å²) in [5.74, 6) is 1.64. The van der Waals surface area contributed by atoms with Crippen molar-refractivity contribution in [3.8, 4) is 17.1 Å². The van der Waals surface area contributed by atoms with Crippen LogP contribution in [0.5, 0.6) is 5.75 Å². The second-order valence-corrected chi connectivity index (χ2v) is 7.40. The van der Waals surface area contributed by atoms with Gasteiger partial charge >= 0.3 is 0 Å². The van der Waals surface area contributed by atoms with Gasteiger partial charge in [0.1, 0.15) is 5.75 Å². The molecule has 0 saturated carbocycles. The van der Waals surface area contributed by atoms with Crippen molar-refractivity contribution in [2.45, 2.75) is 5.16 Å². The van der Waals surface area contributed by atoms with Gasteiger partial charge in [-0.2, -0.15) is 0 Å². The Labute approximate surface area is 172 Å². The fraction of sp³-hybridized carbons (Fsp3) is 0.136. The Hall–Kier alpha value is -3.32. The predicted molar refractivity (Wildman–Crippen MR) is 116 cm³/mol. The number of methoxy groups -OCH3 is 1. The number of hydrogen-bond donors (Lipinski definition) is 1. The zero-order valence-corrected chi connectivity index (χ0v) is 16.9. The van der Waals surface area contributed by atoms with Gasteiger partial charge in [0.2, 0.25) is 5.91 Å². The number of thioether (sulfide) groups is 1. The maximum absolute atomic E-state index is 12.5. The number of fused-ring (bicyclic) bond motifs is 1. The highest BCUT2D eigenvalue weighted by molar-refractivity contribution is 7.99. The average Bonchev–Trinajstić information content (AvgIpc) is 3.13. The van der Waals surface area contributed by atoms with E-state index < -0.39 is 0 Å². The fourth-order valence-electron chi connectivity index (χ4n) is 3.10. The second kappa shape index (κ2) is 8.36. The highest BCUT2D eigenvalue weighted by atomic mass is 32.2. The molecule has 146 valence electrons. The molecule has 7 heteroatoms. The topological polar surface area (TPSA) is 69.0 Å². The van der Waals surface area contributed by atoms with Crippen LogP contribution >= 0.6 is 11.8 Å². The Morgan fingerprint density at radius 2 is 1.86 bits per heavy atom. The van der Waals surface area contributed by atoms with Crippen molar-refractivity contribution in [1.82, 2.24) is 14.8 Å². The SMILES string of the molecule is COc1cccc(-c2nnc(SCC(=O)Nc3cccc4ccccc34)n2C)c1. The van der Waals surface area contributed by atoms with Crippen LogP contribution in [0.3, 0.4) is 0 Å². The molecule has 0 spiro atoms. The van der Waals surface area contributed by atoms with E-state index in [1.54, 1.807) is 7.11 Å². The molecule has 0 aliphatic carbocycles. The summed E-state index contributed by atoms with van der Waals surface area (Å²) in [6.07, 6.45) is 0. The van der Waals surface area contributed by atoms with Gasteiger partial charge in [-0.3, -0.25) is 4.79 Å². The minimum atomic E-state index is -0.0858. The predicted octanol–water partition coefficient (Wildman–Crippen LogP) is 4.37. The molecule has 0 atom stereocenters. The van der Waals surface area contributed by atoms with Crippen LogP contribution in [0.15, 0.2) is 71.9 Å². The Balaban J connectivity index is 1.45. The van der Waals surface area contributed by atoms with Gasteiger partial charge in [0.25, 0.3) is 0 Å². The lowest BCUT2D eigenvalue weighted by Crippen LogP contribution is -2.14. The molecule has 1 amide bonds. The summed E-state index contributed by atoms with van der Waals surface area (Å²) >= 11 is 1.35. The largest absolute Gasteiger partial charge is 0.497 e. The van der Waals surface area contributed by atoms with E-state index in [1.165, 1.54) is 11.8 Å². The molecule has 1 aromatic heterocycles. The van der Waals surface area contributed by atoms with Crippen molar-refractivity contribution in [1.29, 1.82) is 0 Å². The number of rotatable bonds is 6. The third-order valence-corrected chi connectivity index (χ3v) is 5.58. The summed E-state index contributed by atoms with van der Waals surface area (Å²) in [7, 11) is 3.52. The number of hydrogen-bond acceptors (Lipinski definition) is 5. The smallest absolute Gasteiger partial charge is 0.234 e. The molecule has 6 nitrogen and oxygen atoms in total. The third-order valence-electron chi connectivity index (χ3n) is 4.56. The van der Waals surface area contributed by atoms with Gasteiger partial charge in [0.05, 0.1) is 12.9 Å². The first-order chi connectivity index (χ1) is 14.2. The molecule has 0 fully saturated rings. The van der Waals surface area contributed by atoms with Gasteiger partial charge in [-0.15, -0.1) is 10.2 Å². The molecule has 0 radical (unpaired) electrons. The van der Waals surface area contributed by atoms with E-state index >= 15 is 0 Å². The lowest BCUT2D eigenvalue weighted by molar-refractivity contribution is -0.113. The number of anilines is 1. The normalized spacial score (nSPS) is 10.8. The van der Waals surface area contributed by atoms with Crippen molar-refractivity contribution in [3.63, 3.8) is 0 Å². The van der Waals surface area contributed by atoms with Crippen LogP contribution in [0.1, 0.15) is 0 Å². The summed E-state index contributed by atoms with van der Waals surface area (Å²) in [6, 6.07) is 21.5. The zero-order chi connectivity index (χ0) is 20.2. The number of benzene rings is 3. The average molecular weight is 404 g/mol. The lowest BCUT2D eigenvalue weighted by atomic mass is 10.1. The molecular formula is C22H20N4O2S. The monoisotopic (exact) mass is 404 g/mol. The lowest BCUT2D eigenvalue weighted by Gasteiger charge is -2.09. The summed E-state index contributed by atoms with van der Waals surface area (Å²) in [5.41, 5.74) is 1.72. The van der Waals surface area contributed by atoms with Crippen molar-refractivity contribution < 1.29 is 9.53 Å². The molecule has 0 unspecified atom stereocenters. The van der Waals surface area contributed by atoms with Crippen LogP contribution in [0.2, 0.25) is 0 Å². The number of nitrogens with one attached hydrogen (secondary N) is 1. The number of aromatic nitrogens is 3. The van der Waals surface area contributed by atoms with Gasteiger partial charge in [0.15, 0.2) is 11.0 Å². The van der Waals surface area contributed by atoms with Crippen LogP contribution < -0.4 is 10.1 Å². The van der Waals surface area contributed by atoms with E-state index in [0.717, 1.165) is 33.6 Å². The highest BCUT2D eigenvalue weighted by Crippen LogP contribution is 2.26. The van der Waals surface area contributed by atoms with Crippen molar-refractivity contribution in [2.24, 2.45) is 7.05 Å². The number of nitrogens with zero attached hydrogens (tertiary/aromatic N) is 3. The second-order valence-electron chi connectivity index (χ2n) is 6.46. The molecule has 3 aromatic carbocycles. The molecule has 0 aliphatic heterocycles. The third kappa shape index (κ3) is 4.09. The Kier molecular flexibility index (Phi) is 5.48. The van der Waals surface area contributed by atoms with Gasteiger partial charge in [-0.1, -0.05) is 60.3 Å². The Bertz CT molecular complexity index is 1170. The Morgan fingerprint density at radius 3 is 2.72 bits per heavy atom. The molecule has 1 N–H and O–H groups in total. The van der Waals surface area contributed by atoms with Crippen LogP contribution in [-0.2, 0) is 11.8 Å². The molecule has 0 aliphatic rings. The molecular weight excluding hydrogens is 384 g/mol. The summed E-state index contributed by atoms with van der Waals surface area (Å²) in [6.45, 7) is 0. The molecule has 29 heavy (non-hydrogen) atoms. The van der Waals surface area contributed by atoms with Crippen molar-refractivity contribution >= 4 is 34.1 Å². The first kappa shape index (κ1) is 19.0. The van der Waals surface area contributed by atoms with Crippen molar-refractivity contribution in [2.75, 3.05) is 18.2 Å². The standard InChI is InChI=1S/C22H20N4O2S/c1-26-21(16-9-5-10-17(13-16)28-2)24-25-22(26)29-14-20(27)23-19-12-6-8-15-7-3-4-11-18(15)19/h3-13H,14H2,1-2H3,(H,23,27). The highest BCUT2D eigenvalue weighted by Gasteiger charge is 2.14. The van der Waals surface area contributed by atoms with E-state index in [2.05, 4.69) is 15.5 Å². The number of ether oxygens (including phenoxy) is 1. The van der Waals surface area contributed by atoms with Crippen molar-refractivity contribution in [3.05, 3.63) is 66.7 Å². The minimum absolute atomic E-state index is 0.0858. The van der Waals surface area contributed by atoms with Gasteiger partial charge in [-0.05, 0) is 23.6 Å². The van der Waals surface area contributed by atoms with E-state index in [9.17, 15) is 4.79 Å². The summed E-state index contributed by atoms with van der Waals surface area (Å²) in [4.78, 5) is 12.5. The number of carbonyl (C=O) groups excluding carboxylic acids is 1. The molecule has 4 rings (SSSR count). The maximum atomic E-state index is 12.5. The van der Waals surface area contributed by atoms with Gasteiger partial charge in [-0.25, -0.2) is 0 Å². The molecule has 4 aromatic rings. The van der Waals surface area contributed by atoms with Crippen LogP contribution in [0.4, 0.5) is 5.69 Å². The number of amides is 1. The minimum Gasteiger partial charge on any atom is -0.497 e.